The van der Waals surface area contributed by atoms with Crippen LogP contribution in [-0.2, 0) is 0 Å². The lowest BCUT2D eigenvalue weighted by atomic mass is 9.87. The molecule has 0 radical (unpaired) electrons. The van der Waals surface area contributed by atoms with Crippen LogP contribution in [0.4, 0.5) is 0 Å². The van der Waals surface area contributed by atoms with Crippen molar-refractivity contribution >= 4 is 5.71 Å². The Labute approximate surface area is 293 Å². The highest BCUT2D eigenvalue weighted by Gasteiger charge is 2.15. The number of rotatable bonds is 26. The molecule has 0 aliphatic carbocycles. The number of hydrogen-bond donors (Lipinski definition) is 0. The summed E-state index contributed by atoms with van der Waals surface area (Å²) in [4.78, 5) is 4.50. The molecule has 46 heavy (non-hydrogen) atoms. The molecular weight excluding hydrogens is 558 g/mol. The predicted molar refractivity (Wildman–Crippen MR) is 218 cm³/mol. The monoisotopic (exact) mass is 649 g/mol. The molecule has 0 saturated heterocycles. The van der Waals surface area contributed by atoms with Gasteiger partial charge in [0.15, 0.2) is 0 Å². The number of allylic oxidation sites excluding steroid dienone is 4. The summed E-state index contributed by atoms with van der Waals surface area (Å²) >= 11 is 0. The molecule has 1 atom stereocenters. The van der Waals surface area contributed by atoms with Crippen LogP contribution in [0.25, 0.3) is 0 Å². The van der Waals surface area contributed by atoms with Gasteiger partial charge >= 0.3 is 0 Å². The van der Waals surface area contributed by atoms with Crippen molar-refractivity contribution in [3.8, 4) is 0 Å². The first-order chi connectivity index (χ1) is 22.2. The second-order valence-electron chi connectivity index (χ2n) is 13.5. The third kappa shape index (κ3) is 40.9. The van der Waals surface area contributed by atoms with E-state index in [9.17, 15) is 0 Å². The molecule has 0 aliphatic rings. The lowest BCUT2D eigenvalue weighted by Crippen LogP contribution is -2.12. The van der Waals surface area contributed by atoms with Gasteiger partial charge in [0.1, 0.15) is 13.7 Å². The fourth-order valence-corrected chi connectivity index (χ4v) is 5.06. The molecule has 0 heterocycles. The number of nitrogens with zero attached hydrogens (tertiary/aromatic N) is 1. The maximum Gasteiger partial charge on any atom is 0.148 e. The molecule has 1 unspecified atom stereocenters. The summed E-state index contributed by atoms with van der Waals surface area (Å²) in [6.07, 6.45) is 33.5. The minimum atomic E-state index is 0.672. The zero-order valence-corrected chi connectivity index (χ0v) is 34.5. The summed E-state index contributed by atoms with van der Waals surface area (Å²) in [5.41, 5.74) is 5.14. The van der Waals surface area contributed by atoms with Crippen LogP contribution in [0.1, 0.15) is 211 Å². The van der Waals surface area contributed by atoms with Crippen molar-refractivity contribution in [3.63, 3.8) is 0 Å². The Balaban J connectivity index is -0.000000305. The lowest BCUT2D eigenvalue weighted by Gasteiger charge is -2.19. The maximum absolute atomic E-state index is 4.50. The Morgan fingerprint density at radius 1 is 0.696 bits per heavy atom. The predicted octanol–water partition coefficient (Wildman–Crippen LogP) is 15.2. The van der Waals surface area contributed by atoms with Crippen LogP contribution in [0.2, 0.25) is 0 Å². The highest BCUT2D eigenvalue weighted by Crippen LogP contribution is 2.23. The van der Waals surface area contributed by atoms with Crippen molar-refractivity contribution in [2.24, 2.45) is 16.8 Å². The topological polar surface area (TPSA) is 25.2 Å². The van der Waals surface area contributed by atoms with Gasteiger partial charge in [-0.15, -0.1) is 6.58 Å². The maximum atomic E-state index is 4.50. The van der Waals surface area contributed by atoms with Gasteiger partial charge in [0.25, 0.3) is 0 Å². The summed E-state index contributed by atoms with van der Waals surface area (Å²) < 4.78 is 4.17. The van der Waals surface area contributed by atoms with Gasteiger partial charge in [-0.1, -0.05) is 182 Å². The van der Waals surface area contributed by atoms with E-state index in [0.717, 1.165) is 25.2 Å². The average molecular weight is 649 g/mol. The van der Waals surface area contributed by atoms with Crippen molar-refractivity contribution in [1.82, 2.24) is 0 Å². The van der Waals surface area contributed by atoms with Gasteiger partial charge in [0.05, 0.1) is 5.71 Å². The van der Waals surface area contributed by atoms with Gasteiger partial charge in [-0.05, 0) is 63.0 Å². The molecule has 2 heteroatoms. The number of aliphatic imine (C=N–C) groups is 1. The van der Waals surface area contributed by atoms with Crippen LogP contribution in [0.15, 0.2) is 40.4 Å². The second kappa shape index (κ2) is 43.9. The van der Waals surface area contributed by atoms with Crippen molar-refractivity contribution in [3.05, 3.63) is 35.5 Å². The molecule has 276 valence electrons. The molecule has 0 saturated carbocycles. The van der Waals surface area contributed by atoms with Gasteiger partial charge in [0.2, 0.25) is 0 Å². The van der Waals surface area contributed by atoms with Crippen LogP contribution in [0.3, 0.4) is 0 Å². The summed E-state index contributed by atoms with van der Waals surface area (Å²) in [7, 11) is 3.76. The van der Waals surface area contributed by atoms with Crippen LogP contribution in [-0.4, -0.2) is 31.2 Å². The highest BCUT2D eigenvalue weighted by atomic mass is 16.5. The van der Waals surface area contributed by atoms with Crippen LogP contribution < -0.4 is 0 Å². The Morgan fingerprint density at radius 2 is 1.09 bits per heavy atom. The molecule has 0 aliphatic heterocycles. The Bertz CT molecular complexity index is 680. The molecule has 0 spiro atoms. The van der Waals surface area contributed by atoms with Gasteiger partial charge in [-0.3, -0.25) is 4.99 Å². The first-order valence-corrected chi connectivity index (χ1v) is 20.2. The standard InChI is InChI=1S/C18H36.C17H31NO.C7H16.C2H6/c1-4-5-6-7-8-9-10-11-12-13-14-15-16-17-18(2)3;1-8-14(4)17(18-6)16(10-9-11-19-7)12-15(5)13(2)3;1-3-5-7-6-4-2;1-2/h2,4-17H2,1,3H3;8,10,13,15H,9,11-12H2,1-7H3;3-7H2,1-2H3;1-2H3/p+1/b;14-8-,16-10+,18-17?;;. The van der Waals surface area contributed by atoms with Crippen molar-refractivity contribution in [2.45, 2.75) is 211 Å². The zero-order valence-electron chi connectivity index (χ0n) is 34.5. The van der Waals surface area contributed by atoms with Crippen molar-refractivity contribution in [2.75, 3.05) is 20.8 Å². The lowest BCUT2D eigenvalue weighted by molar-refractivity contribution is 0.0191. The van der Waals surface area contributed by atoms with E-state index >= 15 is 0 Å². The van der Waals surface area contributed by atoms with Crippen molar-refractivity contribution < 1.29 is 4.74 Å². The first kappa shape index (κ1) is 51.7. The Morgan fingerprint density at radius 3 is 1.41 bits per heavy atom. The van der Waals surface area contributed by atoms with E-state index < -0.39 is 0 Å². The van der Waals surface area contributed by atoms with E-state index in [2.05, 4.69) is 90.8 Å². The highest BCUT2D eigenvalue weighted by molar-refractivity contribution is 6.11. The molecule has 0 rings (SSSR count). The van der Waals surface area contributed by atoms with Gasteiger partial charge < -0.3 is 4.74 Å². The second-order valence-corrected chi connectivity index (χ2v) is 13.5. The van der Waals surface area contributed by atoms with E-state index in [1.807, 2.05) is 28.0 Å². The van der Waals surface area contributed by atoms with Crippen LogP contribution >= 0.6 is 0 Å². The van der Waals surface area contributed by atoms with Gasteiger partial charge in [0, 0.05) is 13.5 Å². The van der Waals surface area contributed by atoms with E-state index in [1.54, 1.807) is 0 Å². The SMILES string of the molecule is C/C=C(/C)C(=NC)/C(=C/CC[OH+]C)CC(C)C(C)C.C=C(C)CCCCCCCCCCCCCCC.CC.CCCCCCC. The minimum absolute atomic E-state index is 0.672. The smallest absolute Gasteiger partial charge is 0.148 e. The molecular formula is C44H90NO+. The largest absolute Gasteiger partial charge is 0.436 e. The first-order valence-electron chi connectivity index (χ1n) is 20.2. The molecule has 0 aromatic rings. The summed E-state index contributed by atoms with van der Waals surface area (Å²) in [5.74, 6) is 1.37. The Hall–Kier alpha value is -1.15. The van der Waals surface area contributed by atoms with Gasteiger partial charge in [-0.2, -0.15) is 0 Å². The Kier molecular flexibility index (Phi) is 49.3. The van der Waals surface area contributed by atoms with E-state index in [-0.39, 0.29) is 0 Å². The minimum Gasteiger partial charge on any atom is -0.436 e. The van der Waals surface area contributed by atoms with Crippen LogP contribution in [0, 0.1) is 11.8 Å². The van der Waals surface area contributed by atoms with Gasteiger partial charge in [-0.25, -0.2) is 0 Å². The normalized spacial score (nSPS) is 12.4. The van der Waals surface area contributed by atoms with Crippen LogP contribution in [0.5, 0.6) is 0 Å². The van der Waals surface area contributed by atoms with E-state index in [0.29, 0.717) is 11.8 Å². The number of unbranched alkanes of at least 4 members (excludes halogenated alkanes) is 16. The molecule has 0 aromatic heterocycles. The number of ether oxygens (including phenoxy) is 1. The summed E-state index contributed by atoms with van der Waals surface area (Å²) in [5, 5.41) is 0. The van der Waals surface area contributed by atoms with E-state index in [1.165, 1.54) is 139 Å². The fourth-order valence-electron chi connectivity index (χ4n) is 5.06. The van der Waals surface area contributed by atoms with Crippen molar-refractivity contribution in [1.29, 1.82) is 0 Å². The molecule has 0 fully saturated rings. The zero-order chi connectivity index (χ0) is 35.8. The summed E-state index contributed by atoms with van der Waals surface area (Å²) in [6, 6.07) is 0. The third-order valence-corrected chi connectivity index (χ3v) is 8.67. The molecule has 1 N–H and O–H groups in total. The number of hydrogen-bond acceptors (Lipinski definition) is 1. The number of aliphatic hydroxyl groups is 2. The molecule has 0 aromatic carbocycles. The molecule has 0 amide bonds. The molecule has 0 bridgehead atoms. The van der Waals surface area contributed by atoms with E-state index in [4.69, 9.17) is 0 Å². The molecule has 2 nitrogen and oxygen atoms in total. The quantitative estimate of drug-likeness (QED) is 0.0386. The fraction of sp³-hybridized carbons (Fsp3) is 0.841. The summed E-state index contributed by atoms with van der Waals surface area (Å²) in [6.45, 7) is 28.9. The third-order valence-electron chi connectivity index (χ3n) is 8.67. The average Bonchev–Trinajstić information content (AvgIpc) is 3.05.